The van der Waals surface area contributed by atoms with Gasteiger partial charge < -0.3 is 20.3 Å². The van der Waals surface area contributed by atoms with Crippen LogP contribution in [0.3, 0.4) is 0 Å². The zero-order valence-electron chi connectivity index (χ0n) is 42.4. The minimum atomic E-state index is -0.792. The van der Waals surface area contributed by atoms with Crippen molar-refractivity contribution in [3.8, 4) is 0 Å². The summed E-state index contributed by atoms with van der Waals surface area (Å²) in [6, 6.07) is -0.707. The van der Waals surface area contributed by atoms with Crippen LogP contribution in [-0.4, -0.2) is 46.9 Å². The predicted octanol–water partition coefficient (Wildman–Crippen LogP) is 16.8. The molecule has 372 valence electrons. The summed E-state index contributed by atoms with van der Waals surface area (Å²) < 4.78 is 5.93. The summed E-state index contributed by atoms with van der Waals surface area (Å²) in [6.45, 7) is 6.40. The first kappa shape index (κ1) is 61.6. The van der Waals surface area contributed by atoms with Crippen LogP contribution in [0.25, 0.3) is 0 Å². The van der Waals surface area contributed by atoms with Crippen molar-refractivity contribution >= 4 is 11.9 Å². The average Bonchev–Trinajstić information content (AvgIpc) is 3.29. The number of aliphatic hydroxyl groups excluding tert-OH is 2. The topological polar surface area (TPSA) is 95.9 Å². The fraction of sp³-hybridized carbons (Fsp3) is 0.793. The molecule has 0 aromatic rings. The molecular formula is C58H105NO5. The summed E-state index contributed by atoms with van der Waals surface area (Å²) in [5.41, 5.74) is 0. The van der Waals surface area contributed by atoms with Crippen molar-refractivity contribution in [1.82, 2.24) is 5.32 Å². The van der Waals surface area contributed by atoms with Crippen molar-refractivity contribution in [2.45, 2.75) is 289 Å². The molecule has 0 aliphatic carbocycles. The molecule has 3 atom stereocenters. The molecule has 6 heteroatoms. The number of hydrogen-bond acceptors (Lipinski definition) is 5. The molecule has 0 aromatic carbocycles. The van der Waals surface area contributed by atoms with Crippen LogP contribution in [0.4, 0.5) is 0 Å². The Morgan fingerprint density at radius 1 is 0.453 bits per heavy atom. The second-order valence-electron chi connectivity index (χ2n) is 18.8. The molecular weight excluding hydrogens is 791 g/mol. The number of allylic oxidation sites excluding steroid dienone is 10. The van der Waals surface area contributed by atoms with E-state index in [-0.39, 0.29) is 24.9 Å². The molecule has 0 aromatic heterocycles. The summed E-state index contributed by atoms with van der Waals surface area (Å²) in [7, 11) is 0. The van der Waals surface area contributed by atoms with Crippen LogP contribution in [-0.2, 0) is 14.3 Å². The second-order valence-corrected chi connectivity index (χ2v) is 18.8. The van der Waals surface area contributed by atoms with Gasteiger partial charge in [0, 0.05) is 6.42 Å². The third-order valence-corrected chi connectivity index (χ3v) is 12.5. The van der Waals surface area contributed by atoms with Gasteiger partial charge in [0.2, 0.25) is 5.91 Å². The van der Waals surface area contributed by atoms with E-state index in [1.807, 2.05) is 24.3 Å². The standard InChI is InChI=1S/C58H105NO5/c1-4-7-10-13-16-19-22-24-26-28-30-32-34-36-39-42-45-48-51-58(63)64-54(49-46-43-40-37-21-18-15-12-9-6-3)52-57(62)59-55(53-60)56(61)50-47-44-41-38-35-33-31-29-27-25-23-20-17-14-11-8-5-2/h10,13,16,19,22,24,26,28,30,32,54-56,60-61H,4-9,11-12,14-15,17-18,20-21,23,25,27,29,31,33-53H2,1-3H3,(H,59,62)/b13-10+,19-16+,24-22+,28-26+,32-30+. The quantitative estimate of drug-likeness (QED) is 0.0321. The van der Waals surface area contributed by atoms with Crippen LogP contribution in [0.1, 0.15) is 271 Å². The van der Waals surface area contributed by atoms with Crippen LogP contribution in [0, 0.1) is 0 Å². The third kappa shape index (κ3) is 46.1. The predicted molar refractivity (Wildman–Crippen MR) is 278 cm³/mol. The fourth-order valence-corrected chi connectivity index (χ4v) is 8.29. The Bertz CT molecular complexity index is 1140. The van der Waals surface area contributed by atoms with Crippen LogP contribution in [0.15, 0.2) is 60.8 Å². The third-order valence-electron chi connectivity index (χ3n) is 12.5. The van der Waals surface area contributed by atoms with Crippen LogP contribution in [0.2, 0.25) is 0 Å². The van der Waals surface area contributed by atoms with Crippen molar-refractivity contribution < 1.29 is 24.5 Å². The summed E-state index contributed by atoms with van der Waals surface area (Å²) in [5, 5.41) is 23.8. The Balaban J connectivity index is 4.49. The van der Waals surface area contributed by atoms with Crippen molar-refractivity contribution in [3.05, 3.63) is 60.8 Å². The first-order valence-corrected chi connectivity index (χ1v) is 27.6. The highest BCUT2D eigenvalue weighted by atomic mass is 16.5. The van der Waals surface area contributed by atoms with Crippen molar-refractivity contribution in [3.63, 3.8) is 0 Å². The number of nitrogens with one attached hydrogen (secondary N) is 1. The Morgan fingerprint density at radius 2 is 0.828 bits per heavy atom. The lowest BCUT2D eigenvalue weighted by atomic mass is 10.0. The maximum atomic E-state index is 13.2. The molecule has 0 aliphatic rings. The number of amides is 1. The molecule has 0 aliphatic heterocycles. The van der Waals surface area contributed by atoms with Gasteiger partial charge in [-0.05, 0) is 44.9 Å². The Hall–Kier alpha value is -2.44. The van der Waals surface area contributed by atoms with E-state index in [9.17, 15) is 19.8 Å². The maximum absolute atomic E-state index is 13.2. The smallest absolute Gasteiger partial charge is 0.306 e. The summed E-state index contributed by atoms with van der Waals surface area (Å²) in [6.07, 6.45) is 64.2. The van der Waals surface area contributed by atoms with Gasteiger partial charge in [-0.2, -0.15) is 0 Å². The average molecular weight is 896 g/mol. The van der Waals surface area contributed by atoms with Crippen molar-refractivity contribution in [1.29, 1.82) is 0 Å². The second kappa shape index (κ2) is 51.5. The highest BCUT2D eigenvalue weighted by molar-refractivity contribution is 5.77. The molecule has 0 rings (SSSR count). The van der Waals surface area contributed by atoms with E-state index in [0.717, 1.165) is 83.5 Å². The van der Waals surface area contributed by atoms with Gasteiger partial charge in [0.15, 0.2) is 0 Å². The van der Waals surface area contributed by atoms with Gasteiger partial charge in [-0.3, -0.25) is 9.59 Å². The number of rotatable bonds is 49. The van der Waals surface area contributed by atoms with Crippen LogP contribution < -0.4 is 5.32 Å². The highest BCUT2D eigenvalue weighted by Crippen LogP contribution is 2.18. The van der Waals surface area contributed by atoms with Gasteiger partial charge in [-0.25, -0.2) is 0 Å². The van der Waals surface area contributed by atoms with Crippen molar-refractivity contribution in [2.24, 2.45) is 0 Å². The minimum Gasteiger partial charge on any atom is -0.462 e. The Morgan fingerprint density at radius 3 is 1.27 bits per heavy atom. The van der Waals surface area contributed by atoms with E-state index in [0.29, 0.717) is 19.3 Å². The number of esters is 1. The van der Waals surface area contributed by atoms with Crippen molar-refractivity contribution in [2.75, 3.05) is 6.61 Å². The first-order chi connectivity index (χ1) is 31.5. The van der Waals surface area contributed by atoms with E-state index < -0.39 is 18.2 Å². The monoisotopic (exact) mass is 896 g/mol. The zero-order valence-corrected chi connectivity index (χ0v) is 42.4. The van der Waals surface area contributed by atoms with E-state index in [2.05, 4.69) is 62.5 Å². The molecule has 0 saturated heterocycles. The number of carbonyl (C=O) groups excluding carboxylic acids is 2. The molecule has 64 heavy (non-hydrogen) atoms. The Labute approximate surface area is 397 Å². The number of aliphatic hydroxyl groups is 2. The van der Waals surface area contributed by atoms with E-state index >= 15 is 0 Å². The molecule has 3 unspecified atom stereocenters. The van der Waals surface area contributed by atoms with Gasteiger partial charge in [0.05, 0.1) is 25.2 Å². The first-order valence-electron chi connectivity index (χ1n) is 27.6. The molecule has 6 nitrogen and oxygen atoms in total. The molecule has 1 amide bonds. The van der Waals surface area contributed by atoms with Gasteiger partial charge in [0.1, 0.15) is 6.10 Å². The van der Waals surface area contributed by atoms with Crippen LogP contribution >= 0.6 is 0 Å². The Kier molecular flexibility index (Phi) is 49.6. The van der Waals surface area contributed by atoms with Gasteiger partial charge in [-0.15, -0.1) is 0 Å². The van der Waals surface area contributed by atoms with Crippen LogP contribution in [0.5, 0.6) is 0 Å². The molecule has 0 fully saturated rings. The normalized spacial score (nSPS) is 13.6. The van der Waals surface area contributed by atoms with E-state index in [1.54, 1.807) is 0 Å². The van der Waals surface area contributed by atoms with E-state index in [4.69, 9.17) is 4.74 Å². The number of carbonyl (C=O) groups is 2. The highest BCUT2D eigenvalue weighted by Gasteiger charge is 2.24. The summed E-state index contributed by atoms with van der Waals surface area (Å²) in [5.74, 6) is -0.496. The molecule has 0 bridgehead atoms. The summed E-state index contributed by atoms with van der Waals surface area (Å²) in [4.78, 5) is 26.2. The fourth-order valence-electron chi connectivity index (χ4n) is 8.29. The SMILES string of the molecule is CCC/C=C/C=C/C=C/C=C/C=C/CCCCCCCC(=O)OC(CCCCCCCCCCCC)CC(=O)NC(CO)C(O)CCCCCCCCCCCCCCCCCCC. The molecule has 0 radical (unpaired) electrons. The molecule has 3 N–H and O–H groups in total. The molecule has 0 saturated carbocycles. The molecule has 0 heterocycles. The maximum Gasteiger partial charge on any atom is 0.306 e. The number of unbranched alkanes of at least 4 members (excludes halogenated alkanes) is 31. The number of ether oxygens (including phenoxy) is 1. The lowest BCUT2D eigenvalue weighted by Crippen LogP contribution is -2.46. The molecule has 0 spiro atoms. The van der Waals surface area contributed by atoms with Gasteiger partial charge in [0.25, 0.3) is 0 Å². The lowest BCUT2D eigenvalue weighted by Gasteiger charge is -2.24. The lowest BCUT2D eigenvalue weighted by molar-refractivity contribution is -0.151. The number of hydrogen-bond donors (Lipinski definition) is 3. The van der Waals surface area contributed by atoms with E-state index in [1.165, 1.54) is 141 Å². The van der Waals surface area contributed by atoms with Gasteiger partial charge >= 0.3 is 5.97 Å². The largest absolute Gasteiger partial charge is 0.462 e. The zero-order chi connectivity index (χ0) is 46.7. The minimum absolute atomic E-state index is 0.0677. The summed E-state index contributed by atoms with van der Waals surface area (Å²) >= 11 is 0. The van der Waals surface area contributed by atoms with Gasteiger partial charge in [-0.1, -0.05) is 274 Å².